The third-order valence-corrected chi connectivity index (χ3v) is 2.99. The van der Waals surface area contributed by atoms with Gasteiger partial charge in [0.05, 0.1) is 7.05 Å². The molecule has 94 valence electrons. The molecule has 0 fully saturated rings. The maximum absolute atomic E-state index is 11.9. The fraction of sp³-hybridized carbons (Fsp3) is 0.364. The van der Waals surface area contributed by atoms with Crippen molar-refractivity contribution in [3.05, 3.63) is 35.4 Å². The highest BCUT2D eigenvalue weighted by Crippen LogP contribution is 2.27. The molecule has 1 aromatic carbocycles. The zero-order valence-corrected chi connectivity index (χ0v) is 11.8. The molecule has 0 aliphatic heterocycles. The van der Waals surface area contributed by atoms with Crippen LogP contribution in [0.25, 0.3) is 0 Å². The van der Waals surface area contributed by atoms with Crippen molar-refractivity contribution in [2.24, 2.45) is 0 Å². The highest BCUT2D eigenvalue weighted by molar-refractivity contribution is 6.68. The normalized spacial score (nSPS) is 13.2. The molecule has 0 spiro atoms. The van der Waals surface area contributed by atoms with Gasteiger partial charge in [-0.2, -0.15) is 0 Å². The number of alkyl halides is 3. The lowest BCUT2D eigenvalue weighted by atomic mass is 10.1. The summed E-state index contributed by atoms with van der Waals surface area (Å²) in [6.07, 6.45) is -0.624. The predicted octanol–water partition coefficient (Wildman–Crippen LogP) is 1.61. The summed E-state index contributed by atoms with van der Waals surface area (Å²) in [7, 11) is 1.72. The Morgan fingerprint density at radius 1 is 1.29 bits per heavy atom. The number of hydrogen-bond donors (Lipinski definition) is 2. The van der Waals surface area contributed by atoms with Gasteiger partial charge in [-0.15, -0.1) is 0 Å². The molecule has 1 atom stereocenters. The summed E-state index contributed by atoms with van der Waals surface area (Å²) in [4.78, 5) is 11.9. The second kappa shape index (κ2) is 5.91. The number of benzene rings is 1. The van der Waals surface area contributed by atoms with E-state index in [2.05, 4.69) is 5.32 Å². The van der Waals surface area contributed by atoms with Gasteiger partial charge in [0.1, 0.15) is 0 Å². The van der Waals surface area contributed by atoms with Crippen molar-refractivity contribution in [3.8, 4) is 0 Å². The largest absolute Gasteiger partial charge is 0.326 e. The van der Waals surface area contributed by atoms with Crippen LogP contribution in [-0.2, 0) is 0 Å². The maximum atomic E-state index is 11.9. The summed E-state index contributed by atoms with van der Waals surface area (Å²) in [5, 5.41) is 4.29. The molecule has 1 aromatic rings. The van der Waals surface area contributed by atoms with Crippen LogP contribution in [0.15, 0.2) is 24.3 Å². The third kappa shape index (κ3) is 4.36. The second-order valence-corrected chi connectivity index (χ2v) is 6.06. The van der Waals surface area contributed by atoms with Crippen LogP contribution in [0.2, 0.25) is 0 Å². The molecule has 0 bridgehead atoms. The fourth-order valence-corrected chi connectivity index (χ4v) is 1.83. The van der Waals surface area contributed by atoms with E-state index in [1.807, 2.05) is 19.1 Å². The zero-order chi connectivity index (χ0) is 13.1. The minimum atomic E-state index is -1.55. The summed E-state index contributed by atoms with van der Waals surface area (Å²) < 4.78 is -1.55. The Hall–Kier alpha value is -0.480. The van der Waals surface area contributed by atoms with Crippen molar-refractivity contribution >= 4 is 40.7 Å². The molecule has 6 heteroatoms. The summed E-state index contributed by atoms with van der Waals surface area (Å²) in [5.74, 6) is -0.264. The molecule has 0 aliphatic carbocycles. The fourth-order valence-electron chi connectivity index (χ4n) is 1.28. The molecule has 1 rings (SSSR count). The lowest BCUT2D eigenvalue weighted by Gasteiger charge is -2.21. The average molecular weight is 297 g/mol. The molecule has 3 N–H and O–H groups in total. The number of quaternary nitrogens is 1. The molecule has 0 saturated carbocycles. The van der Waals surface area contributed by atoms with Gasteiger partial charge >= 0.3 is 0 Å². The van der Waals surface area contributed by atoms with E-state index in [9.17, 15) is 4.79 Å². The number of aryl methyl sites for hydroxylation is 1. The molecule has 0 heterocycles. The highest BCUT2D eigenvalue weighted by Gasteiger charge is 2.36. The number of halogens is 3. The van der Waals surface area contributed by atoms with Crippen LogP contribution in [0.3, 0.4) is 0 Å². The van der Waals surface area contributed by atoms with Gasteiger partial charge in [-0.1, -0.05) is 52.5 Å². The first-order valence-electron chi connectivity index (χ1n) is 5.08. The highest BCUT2D eigenvalue weighted by atomic mass is 35.6. The van der Waals surface area contributed by atoms with Crippen LogP contribution in [0.5, 0.6) is 0 Å². The van der Waals surface area contributed by atoms with Crippen LogP contribution < -0.4 is 10.6 Å². The number of nitrogens with one attached hydrogen (secondary N) is 1. The van der Waals surface area contributed by atoms with Crippen LogP contribution in [0.4, 0.5) is 0 Å². The Balaban J connectivity index is 2.75. The van der Waals surface area contributed by atoms with Crippen molar-refractivity contribution < 1.29 is 10.1 Å². The molecule has 17 heavy (non-hydrogen) atoms. The molecule has 0 aromatic heterocycles. The summed E-state index contributed by atoms with van der Waals surface area (Å²) in [6, 6.07) is 7.18. The summed E-state index contributed by atoms with van der Waals surface area (Å²) in [5.41, 5.74) is 1.62. The van der Waals surface area contributed by atoms with Gasteiger partial charge in [0, 0.05) is 5.56 Å². The molecular formula is C11H14Cl3N2O+. The number of rotatable bonds is 3. The standard InChI is InChI=1S/C11H13Cl3N2O/c1-7-3-5-8(6-4-7)9(17)16-10(15-2)11(12,13)14/h3-6,10,15H,1-2H3,(H,16,17)/p+1/t10-/m1/s1. The van der Waals surface area contributed by atoms with Crippen molar-refractivity contribution in [3.63, 3.8) is 0 Å². The Morgan fingerprint density at radius 3 is 2.24 bits per heavy atom. The molecule has 3 nitrogen and oxygen atoms in total. The van der Waals surface area contributed by atoms with Gasteiger partial charge in [0.15, 0.2) is 0 Å². The Kier molecular flexibility index (Phi) is 5.07. The van der Waals surface area contributed by atoms with Crippen LogP contribution in [-0.4, -0.2) is 22.9 Å². The number of amides is 1. The second-order valence-electron chi connectivity index (χ2n) is 3.69. The molecule has 0 saturated heterocycles. The first kappa shape index (κ1) is 14.6. The van der Waals surface area contributed by atoms with Crippen molar-refractivity contribution in [1.82, 2.24) is 5.32 Å². The first-order valence-corrected chi connectivity index (χ1v) is 6.21. The SMILES string of the molecule is C[NH2+][C@H](NC(=O)c1ccc(C)cc1)C(Cl)(Cl)Cl. The van der Waals surface area contributed by atoms with Crippen LogP contribution >= 0.6 is 34.8 Å². The number of nitrogens with two attached hydrogens (primary N) is 1. The Bertz CT molecular complexity index is 387. The quantitative estimate of drug-likeness (QED) is 0.646. The van der Waals surface area contributed by atoms with Crippen molar-refractivity contribution in [2.45, 2.75) is 16.9 Å². The number of carbonyl (C=O) groups is 1. The molecule has 0 unspecified atom stereocenters. The lowest BCUT2D eigenvalue weighted by Crippen LogP contribution is -2.93. The molecule has 0 radical (unpaired) electrons. The first-order chi connectivity index (χ1) is 7.84. The van der Waals surface area contributed by atoms with E-state index < -0.39 is 9.96 Å². The van der Waals surface area contributed by atoms with Crippen molar-refractivity contribution in [1.29, 1.82) is 0 Å². The molecular weight excluding hydrogens is 282 g/mol. The Labute approximate surface area is 115 Å². The van der Waals surface area contributed by atoms with Gasteiger partial charge in [0.2, 0.25) is 6.17 Å². The minimum absolute atomic E-state index is 0.264. The van der Waals surface area contributed by atoms with E-state index >= 15 is 0 Å². The third-order valence-electron chi connectivity index (χ3n) is 2.29. The lowest BCUT2D eigenvalue weighted by molar-refractivity contribution is -0.666. The van der Waals surface area contributed by atoms with E-state index in [0.29, 0.717) is 5.56 Å². The van der Waals surface area contributed by atoms with E-state index in [1.54, 1.807) is 24.5 Å². The van der Waals surface area contributed by atoms with E-state index in [1.165, 1.54) is 0 Å². The molecule has 1 amide bonds. The van der Waals surface area contributed by atoms with Gasteiger partial charge in [-0.25, -0.2) is 0 Å². The summed E-state index contributed by atoms with van der Waals surface area (Å²) in [6.45, 7) is 1.95. The summed E-state index contributed by atoms with van der Waals surface area (Å²) >= 11 is 17.2. The van der Waals surface area contributed by atoms with E-state index in [-0.39, 0.29) is 5.91 Å². The maximum Gasteiger partial charge on any atom is 0.262 e. The number of hydrogen-bond acceptors (Lipinski definition) is 1. The average Bonchev–Trinajstić information content (AvgIpc) is 2.24. The topological polar surface area (TPSA) is 45.7 Å². The van der Waals surface area contributed by atoms with Crippen LogP contribution in [0.1, 0.15) is 15.9 Å². The van der Waals surface area contributed by atoms with Gasteiger partial charge < -0.3 is 5.32 Å². The smallest absolute Gasteiger partial charge is 0.262 e. The van der Waals surface area contributed by atoms with Gasteiger partial charge in [0.25, 0.3) is 9.70 Å². The minimum Gasteiger partial charge on any atom is -0.326 e. The number of carbonyl (C=O) groups excluding carboxylic acids is 1. The van der Waals surface area contributed by atoms with Gasteiger partial charge in [-0.05, 0) is 19.1 Å². The Morgan fingerprint density at radius 2 is 1.82 bits per heavy atom. The van der Waals surface area contributed by atoms with E-state index in [0.717, 1.165) is 5.56 Å². The zero-order valence-electron chi connectivity index (χ0n) is 9.51. The molecule has 0 aliphatic rings. The monoisotopic (exact) mass is 295 g/mol. The van der Waals surface area contributed by atoms with Crippen molar-refractivity contribution in [2.75, 3.05) is 7.05 Å². The predicted molar refractivity (Wildman–Crippen MR) is 70.6 cm³/mol. The van der Waals surface area contributed by atoms with Crippen LogP contribution in [0, 0.1) is 6.92 Å². The van der Waals surface area contributed by atoms with E-state index in [4.69, 9.17) is 34.8 Å². The van der Waals surface area contributed by atoms with Gasteiger partial charge in [-0.3, -0.25) is 10.1 Å².